The van der Waals surface area contributed by atoms with Crippen molar-refractivity contribution < 1.29 is 19.4 Å². The predicted octanol–water partition coefficient (Wildman–Crippen LogP) is 7.06. The van der Waals surface area contributed by atoms with Crippen molar-refractivity contribution in [3.05, 3.63) is 140 Å². The molecule has 1 aliphatic heterocycles. The second kappa shape index (κ2) is 15.6. The molecule has 12 heteroatoms. The first kappa shape index (κ1) is 32.8. The number of nitrogens with one attached hydrogen (secondary N) is 2. The third-order valence-corrected chi connectivity index (χ3v) is 8.06. The lowest BCUT2D eigenvalue weighted by Gasteiger charge is -2.31. The number of rotatable bonds is 14. The van der Waals surface area contributed by atoms with Gasteiger partial charge in [0.05, 0.1) is 6.61 Å². The largest absolute Gasteiger partial charge is 0.494 e. The minimum Gasteiger partial charge on any atom is -0.494 e. The number of hydrogen-bond donors (Lipinski definition) is 3. The quantitative estimate of drug-likeness (QED) is 0.0437. The van der Waals surface area contributed by atoms with E-state index in [4.69, 9.17) is 42.8 Å². The van der Waals surface area contributed by atoms with Crippen molar-refractivity contribution in [3.8, 4) is 5.75 Å². The summed E-state index contributed by atoms with van der Waals surface area (Å²) in [6.45, 7) is 0.804. The average molecular weight is 660 g/mol. The number of halogens is 2. The molecule has 0 aliphatic carbocycles. The fraction of sp³-hybridized carbons (Fsp3) is 0.235. The van der Waals surface area contributed by atoms with Crippen LogP contribution in [-0.2, 0) is 22.4 Å². The fourth-order valence-corrected chi connectivity index (χ4v) is 5.68. The molecule has 0 saturated carbocycles. The van der Waals surface area contributed by atoms with Crippen LogP contribution in [0.25, 0.3) is 10.4 Å². The maximum atomic E-state index is 14.4. The van der Waals surface area contributed by atoms with Gasteiger partial charge in [0.15, 0.2) is 11.6 Å². The van der Waals surface area contributed by atoms with Crippen molar-refractivity contribution in [2.45, 2.75) is 30.9 Å². The first-order chi connectivity index (χ1) is 22.4. The summed E-state index contributed by atoms with van der Waals surface area (Å²) in [6.07, 6.45) is 0.301. The predicted molar refractivity (Wildman–Crippen MR) is 178 cm³/mol. The number of amides is 1. The number of benzene rings is 4. The molecule has 1 aliphatic rings. The molecule has 0 fully saturated rings. The van der Waals surface area contributed by atoms with Gasteiger partial charge in [0.1, 0.15) is 5.75 Å². The molecule has 2 atom stereocenters. The van der Waals surface area contributed by atoms with Crippen molar-refractivity contribution in [3.63, 3.8) is 0 Å². The Morgan fingerprint density at radius 1 is 1.02 bits per heavy atom. The first-order valence-electron chi connectivity index (χ1n) is 14.7. The highest BCUT2D eigenvalue weighted by Gasteiger charge is 2.53. The van der Waals surface area contributed by atoms with Crippen LogP contribution in [0.15, 0.2) is 107 Å². The van der Waals surface area contributed by atoms with E-state index in [1.165, 1.54) is 0 Å². The molecule has 1 amide bonds. The van der Waals surface area contributed by atoms with Gasteiger partial charge >= 0.3 is 0 Å². The summed E-state index contributed by atoms with van der Waals surface area (Å²) in [4.78, 5) is 22.4. The Hall–Kier alpha value is -4.57. The maximum absolute atomic E-state index is 14.4. The van der Waals surface area contributed by atoms with E-state index in [0.29, 0.717) is 58.6 Å². The number of hydrogen-bond acceptors (Lipinski definition) is 7. The SMILES string of the molecule is [N-]=[N+]=Nc1ccccc1C[C@]1(C(=O)NNCCc2ccc(Cl)cc2Cl)N=C(c2ccc(OCCCO)cc2)O[C@H]1c1ccccc1. The number of aliphatic imine (C=N–C) groups is 1. The number of nitrogens with zero attached hydrogens (tertiary/aromatic N) is 4. The molecule has 0 unspecified atom stereocenters. The zero-order valence-corrected chi connectivity index (χ0v) is 26.3. The second-order valence-corrected chi connectivity index (χ2v) is 11.4. The molecular weight excluding hydrogens is 627 g/mol. The van der Waals surface area contributed by atoms with Gasteiger partial charge in [-0.25, -0.2) is 10.4 Å². The highest BCUT2D eigenvalue weighted by molar-refractivity contribution is 6.35. The van der Waals surface area contributed by atoms with Crippen molar-refractivity contribution in [2.24, 2.45) is 10.1 Å². The summed E-state index contributed by atoms with van der Waals surface area (Å²) < 4.78 is 12.2. The summed E-state index contributed by atoms with van der Waals surface area (Å²) in [5.41, 5.74) is 16.9. The molecule has 0 spiro atoms. The lowest BCUT2D eigenvalue weighted by atomic mass is 9.81. The van der Waals surface area contributed by atoms with Gasteiger partial charge in [0, 0.05) is 52.2 Å². The van der Waals surface area contributed by atoms with Gasteiger partial charge < -0.3 is 14.6 Å². The van der Waals surface area contributed by atoms with Crippen LogP contribution < -0.4 is 15.6 Å². The molecule has 10 nitrogen and oxygen atoms in total. The van der Waals surface area contributed by atoms with Gasteiger partial charge in [-0.1, -0.05) is 89.0 Å². The monoisotopic (exact) mass is 658 g/mol. The molecule has 4 aromatic carbocycles. The van der Waals surface area contributed by atoms with Crippen LogP contribution in [0.3, 0.4) is 0 Å². The molecule has 236 valence electrons. The molecule has 5 rings (SSSR count). The number of aliphatic hydroxyl groups excluding tert-OH is 1. The standard InChI is InChI=1S/C34H32Cl2N6O4/c35-27-14-11-23(29(36)21-27)17-18-38-41-33(44)34(22-26-9-4-5-10-30(26)40-42-37)31(24-7-2-1-3-8-24)46-32(39-34)25-12-15-28(16-13-25)45-20-6-19-43/h1-5,7-16,21,31,38,43H,6,17-20,22H2,(H,41,44)/t31-,34-/m0/s1. The molecule has 0 bridgehead atoms. The maximum Gasteiger partial charge on any atom is 0.266 e. The van der Waals surface area contributed by atoms with Crippen LogP contribution in [0.1, 0.15) is 34.8 Å². The molecule has 0 radical (unpaired) electrons. The third-order valence-electron chi connectivity index (χ3n) is 7.47. The number of carbonyl (C=O) groups is 1. The van der Waals surface area contributed by atoms with Gasteiger partial charge in [-0.2, -0.15) is 0 Å². The van der Waals surface area contributed by atoms with Gasteiger partial charge in [-0.05, 0) is 65.0 Å². The van der Waals surface area contributed by atoms with Gasteiger partial charge in [-0.15, -0.1) is 0 Å². The summed E-state index contributed by atoms with van der Waals surface area (Å²) in [5.74, 6) is 0.478. The molecule has 4 aromatic rings. The van der Waals surface area contributed by atoms with E-state index in [-0.39, 0.29) is 18.9 Å². The van der Waals surface area contributed by atoms with Crippen molar-refractivity contribution in [2.75, 3.05) is 19.8 Å². The fourth-order valence-electron chi connectivity index (χ4n) is 5.18. The zero-order chi connectivity index (χ0) is 32.4. The second-order valence-electron chi connectivity index (χ2n) is 10.6. The van der Waals surface area contributed by atoms with Gasteiger partial charge in [0.2, 0.25) is 5.90 Å². The summed E-state index contributed by atoms with van der Waals surface area (Å²) in [7, 11) is 0. The van der Waals surface area contributed by atoms with Gasteiger partial charge in [0.25, 0.3) is 5.91 Å². The molecule has 1 heterocycles. The molecular formula is C34H32Cl2N6O4. The van der Waals surface area contributed by atoms with Crippen LogP contribution in [0.4, 0.5) is 5.69 Å². The molecule has 0 saturated heterocycles. The van der Waals surface area contributed by atoms with E-state index in [0.717, 1.165) is 11.1 Å². The zero-order valence-electron chi connectivity index (χ0n) is 24.8. The van der Waals surface area contributed by atoms with Crippen LogP contribution in [0, 0.1) is 0 Å². The lowest BCUT2D eigenvalue weighted by Crippen LogP contribution is -2.54. The summed E-state index contributed by atoms with van der Waals surface area (Å²) >= 11 is 12.4. The topological polar surface area (TPSA) is 141 Å². The van der Waals surface area contributed by atoms with Crippen LogP contribution in [0.2, 0.25) is 10.0 Å². The van der Waals surface area contributed by atoms with E-state index in [9.17, 15) is 10.3 Å². The Morgan fingerprint density at radius 3 is 2.52 bits per heavy atom. The normalized spacial score (nSPS) is 17.0. The van der Waals surface area contributed by atoms with Gasteiger partial charge in [-0.3, -0.25) is 10.2 Å². The lowest BCUT2D eigenvalue weighted by molar-refractivity contribution is -0.130. The third kappa shape index (κ3) is 7.80. The Balaban J connectivity index is 1.50. The number of aliphatic hydroxyl groups is 1. The van der Waals surface area contributed by atoms with E-state index in [1.54, 1.807) is 36.4 Å². The van der Waals surface area contributed by atoms with Crippen LogP contribution >= 0.6 is 23.2 Å². The first-order valence-corrected chi connectivity index (χ1v) is 15.4. The number of ether oxygens (including phenoxy) is 2. The van der Waals surface area contributed by atoms with Crippen molar-refractivity contribution in [1.29, 1.82) is 0 Å². The Morgan fingerprint density at radius 2 is 1.78 bits per heavy atom. The molecule has 0 aromatic heterocycles. The van der Waals surface area contributed by atoms with Crippen molar-refractivity contribution >= 4 is 40.7 Å². The van der Waals surface area contributed by atoms with E-state index in [1.807, 2.05) is 60.7 Å². The Bertz CT molecular complexity index is 1730. The minimum absolute atomic E-state index is 0.0420. The number of carbonyl (C=O) groups excluding carboxylic acids is 1. The van der Waals surface area contributed by atoms with E-state index < -0.39 is 17.6 Å². The average Bonchev–Trinajstić information content (AvgIpc) is 3.46. The molecule has 46 heavy (non-hydrogen) atoms. The Kier molecular flexibility index (Phi) is 11.1. The number of hydrazine groups is 1. The van der Waals surface area contributed by atoms with Crippen LogP contribution in [-0.4, -0.2) is 42.2 Å². The van der Waals surface area contributed by atoms with E-state index in [2.05, 4.69) is 20.9 Å². The Labute approximate surface area is 276 Å². The minimum atomic E-state index is -1.50. The summed E-state index contributed by atoms with van der Waals surface area (Å²) in [5, 5.41) is 14.0. The smallest absolute Gasteiger partial charge is 0.266 e. The highest BCUT2D eigenvalue weighted by Crippen LogP contribution is 2.43. The van der Waals surface area contributed by atoms with Crippen molar-refractivity contribution in [1.82, 2.24) is 10.9 Å². The highest BCUT2D eigenvalue weighted by atomic mass is 35.5. The number of azide groups is 1. The van der Waals surface area contributed by atoms with Crippen LogP contribution in [0.5, 0.6) is 5.75 Å². The van der Waals surface area contributed by atoms with E-state index >= 15 is 0 Å². The summed E-state index contributed by atoms with van der Waals surface area (Å²) in [6, 6.07) is 29.0. The molecule has 3 N–H and O–H groups in total.